The summed E-state index contributed by atoms with van der Waals surface area (Å²) in [5.74, 6) is 0.603. The second kappa shape index (κ2) is 6.49. The molecule has 0 spiro atoms. The van der Waals surface area contributed by atoms with Crippen LogP contribution in [-0.2, 0) is 10.7 Å². The van der Waals surface area contributed by atoms with Gasteiger partial charge in [0.2, 0.25) is 0 Å². The molecule has 0 aliphatic heterocycles. The molecule has 0 rings (SSSR count). The Hall–Kier alpha value is -0.220. The van der Waals surface area contributed by atoms with Crippen molar-refractivity contribution >= 4 is 16.4 Å². The van der Waals surface area contributed by atoms with Crippen molar-refractivity contribution in [2.75, 3.05) is 18.6 Å². The van der Waals surface area contributed by atoms with Crippen molar-refractivity contribution in [3.63, 3.8) is 0 Å². The van der Waals surface area contributed by atoms with Crippen LogP contribution >= 0.6 is 0 Å². The van der Waals surface area contributed by atoms with Gasteiger partial charge in [-0.05, 0) is 25.5 Å². The number of hydrogen-bond donors (Lipinski definition) is 3. The maximum absolute atomic E-state index is 8.46. The van der Waals surface area contributed by atoms with Crippen LogP contribution in [0.1, 0.15) is 19.3 Å². The summed E-state index contributed by atoms with van der Waals surface area (Å²) < 4.78 is 7.23. The molecule has 0 aliphatic rings. The molecule has 0 saturated heterocycles. The predicted octanol–water partition coefficient (Wildman–Crippen LogP) is 1.18. The predicted molar refractivity (Wildman–Crippen MR) is 49.5 cm³/mol. The van der Waals surface area contributed by atoms with Gasteiger partial charge in [-0.15, -0.1) is 10.7 Å². The maximum Gasteiger partial charge on any atom is 0.0431 e. The minimum Gasteiger partial charge on any atom is -0.396 e. The molecular formula is C7H16N2OS. The van der Waals surface area contributed by atoms with Gasteiger partial charge in [0.25, 0.3) is 0 Å². The summed E-state index contributed by atoms with van der Waals surface area (Å²) in [7, 11) is -0.388. The van der Waals surface area contributed by atoms with Crippen molar-refractivity contribution < 1.29 is 5.11 Å². The highest BCUT2D eigenvalue weighted by molar-refractivity contribution is 7.86. The Kier molecular flexibility index (Phi) is 6.36. The fourth-order valence-electron chi connectivity index (χ4n) is 0.784. The molecule has 3 nitrogen and oxygen atoms in total. The van der Waals surface area contributed by atoms with Gasteiger partial charge in [-0.25, -0.2) is 0 Å². The van der Waals surface area contributed by atoms with E-state index in [0.29, 0.717) is 11.5 Å². The Morgan fingerprint density at radius 1 is 1.45 bits per heavy atom. The van der Waals surface area contributed by atoms with Crippen LogP contribution in [0.3, 0.4) is 0 Å². The first-order valence-corrected chi connectivity index (χ1v) is 5.48. The first-order valence-electron chi connectivity index (χ1n) is 3.67. The van der Waals surface area contributed by atoms with Crippen LogP contribution in [0.2, 0.25) is 0 Å². The molecule has 4 heteroatoms. The molecule has 11 heavy (non-hydrogen) atoms. The minimum atomic E-state index is -0.388. The van der Waals surface area contributed by atoms with Crippen LogP contribution in [-0.4, -0.2) is 29.4 Å². The molecule has 0 fully saturated rings. The highest BCUT2D eigenvalue weighted by atomic mass is 32.2. The third-order valence-electron chi connectivity index (χ3n) is 1.28. The van der Waals surface area contributed by atoms with Crippen molar-refractivity contribution in [3.8, 4) is 0 Å². The Balaban J connectivity index is 3.30. The molecule has 0 radical (unpaired) electrons. The van der Waals surface area contributed by atoms with Crippen LogP contribution in [0.15, 0.2) is 0 Å². The highest BCUT2D eigenvalue weighted by Gasteiger charge is 1.96. The van der Waals surface area contributed by atoms with E-state index in [1.165, 1.54) is 0 Å². The molecule has 66 valence electrons. The van der Waals surface area contributed by atoms with E-state index >= 15 is 0 Å². The molecular weight excluding hydrogens is 160 g/mol. The van der Waals surface area contributed by atoms with E-state index in [-0.39, 0.29) is 17.3 Å². The average Bonchev–Trinajstić information content (AvgIpc) is 1.86. The zero-order valence-electron chi connectivity index (χ0n) is 6.89. The van der Waals surface area contributed by atoms with E-state index in [4.69, 9.17) is 15.3 Å². The summed E-state index contributed by atoms with van der Waals surface area (Å²) in [4.78, 5) is 0. The maximum atomic E-state index is 8.46. The van der Waals surface area contributed by atoms with Gasteiger partial charge in [0, 0.05) is 18.1 Å². The normalized spacial score (nSPS) is 12.9. The van der Waals surface area contributed by atoms with Gasteiger partial charge >= 0.3 is 0 Å². The average molecular weight is 176 g/mol. The summed E-state index contributed by atoms with van der Waals surface area (Å²) in [5.41, 5.74) is 0.652. The van der Waals surface area contributed by atoms with Crippen LogP contribution in [0, 0.1) is 10.2 Å². The van der Waals surface area contributed by atoms with Crippen molar-refractivity contribution in [2.45, 2.75) is 19.3 Å². The van der Waals surface area contributed by atoms with E-state index in [9.17, 15) is 0 Å². The molecule has 0 heterocycles. The number of hydrogen-bond acceptors (Lipinski definition) is 3. The Morgan fingerprint density at radius 2 is 2.09 bits per heavy atom. The van der Waals surface area contributed by atoms with E-state index in [1.54, 1.807) is 0 Å². The van der Waals surface area contributed by atoms with Gasteiger partial charge < -0.3 is 10.5 Å². The largest absolute Gasteiger partial charge is 0.396 e. The number of aliphatic hydroxyl groups is 1. The Bertz CT molecular complexity index is 147. The van der Waals surface area contributed by atoms with Crippen LogP contribution in [0.4, 0.5) is 0 Å². The zero-order chi connectivity index (χ0) is 8.69. The van der Waals surface area contributed by atoms with Crippen molar-refractivity contribution in [3.05, 3.63) is 0 Å². The number of unbranched alkanes of at least 4 members (excludes halogenated alkanes) is 1. The molecule has 0 aliphatic carbocycles. The molecule has 0 aromatic carbocycles. The van der Waals surface area contributed by atoms with Crippen LogP contribution in [0.25, 0.3) is 0 Å². The number of rotatable bonds is 6. The van der Waals surface area contributed by atoms with Gasteiger partial charge in [0.05, 0.1) is 0 Å². The third kappa shape index (κ3) is 7.68. The topological polar surface area (TPSA) is 67.9 Å². The standard InChI is InChI=1S/C7H16N2OS/c1-11(9)6-7(8)4-2-3-5-10/h8-10H,2-6H2,1H3. The first-order chi connectivity index (χ1) is 5.16. The van der Waals surface area contributed by atoms with Crippen molar-refractivity contribution in [2.24, 2.45) is 0 Å². The first kappa shape index (κ1) is 10.8. The number of aliphatic hydroxyl groups excluding tert-OH is 1. The minimum absolute atomic E-state index is 0.214. The van der Waals surface area contributed by atoms with Crippen molar-refractivity contribution in [1.29, 1.82) is 10.2 Å². The summed E-state index contributed by atoms with van der Waals surface area (Å²) in [6, 6.07) is 0. The van der Waals surface area contributed by atoms with E-state index < -0.39 is 0 Å². The summed E-state index contributed by atoms with van der Waals surface area (Å²) in [5, 5.41) is 15.9. The van der Waals surface area contributed by atoms with E-state index in [1.807, 2.05) is 6.26 Å². The zero-order valence-corrected chi connectivity index (χ0v) is 7.71. The quantitative estimate of drug-likeness (QED) is 0.413. The molecule has 3 N–H and O–H groups in total. The van der Waals surface area contributed by atoms with E-state index in [0.717, 1.165) is 19.3 Å². The van der Waals surface area contributed by atoms with Gasteiger partial charge in [-0.2, -0.15) is 0 Å². The second-order valence-corrected chi connectivity index (χ2v) is 4.13. The molecule has 0 aromatic rings. The SMILES string of the molecule is CS(=N)CC(=N)CCCCO. The molecule has 1 atom stereocenters. The Labute approximate surface area is 70.2 Å². The fourth-order valence-corrected chi connectivity index (χ4v) is 1.45. The van der Waals surface area contributed by atoms with Crippen LogP contribution in [0.5, 0.6) is 0 Å². The monoisotopic (exact) mass is 176 g/mol. The third-order valence-corrected chi connectivity index (χ3v) is 2.06. The lowest BCUT2D eigenvalue weighted by Crippen LogP contribution is -2.07. The fraction of sp³-hybridized carbons (Fsp3) is 0.857. The lowest BCUT2D eigenvalue weighted by molar-refractivity contribution is 0.285. The molecule has 0 amide bonds. The second-order valence-electron chi connectivity index (χ2n) is 2.57. The van der Waals surface area contributed by atoms with Crippen LogP contribution < -0.4 is 0 Å². The summed E-state index contributed by atoms with van der Waals surface area (Å²) in [6.07, 6.45) is 4.22. The Morgan fingerprint density at radius 3 is 2.55 bits per heavy atom. The van der Waals surface area contributed by atoms with Gasteiger partial charge in [0.1, 0.15) is 0 Å². The van der Waals surface area contributed by atoms with Gasteiger partial charge in [0.15, 0.2) is 0 Å². The van der Waals surface area contributed by atoms with E-state index in [2.05, 4.69) is 0 Å². The molecule has 0 bridgehead atoms. The lowest BCUT2D eigenvalue weighted by Gasteiger charge is -2.01. The number of nitrogens with one attached hydrogen (secondary N) is 2. The molecule has 0 aromatic heterocycles. The van der Waals surface area contributed by atoms with Gasteiger partial charge in [-0.3, -0.25) is 4.78 Å². The molecule has 1 unspecified atom stereocenters. The summed E-state index contributed by atoms with van der Waals surface area (Å²) in [6.45, 7) is 0.214. The smallest absolute Gasteiger partial charge is 0.0431 e. The van der Waals surface area contributed by atoms with Crippen molar-refractivity contribution in [1.82, 2.24) is 0 Å². The lowest BCUT2D eigenvalue weighted by atomic mass is 10.2. The highest BCUT2D eigenvalue weighted by Crippen LogP contribution is 1.96. The summed E-state index contributed by atoms with van der Waals surface area (Å²) >= 11 is 0. The molecule has 0 saturated carbocycles. The van der Waals surface area contributed by atoms with Gasteiger partial charge in [-0.1, -0.05) is 0 Å².